The molecule has 2 heterocycles. The Kier molecular flexibility index (Phi) is 2.35. The number of aryl methyl sites for hydroxylation is 1. The molecule has 0 unspecified atom stereocenters. The van der Waals surface area contributed by atoms with Gasteiger partial charge in [-0.05, 0) is 38.3 Å². The lowest BCUT2D eigenvalue weighted by Crippen LogP contribution is -2.34. The minimum absolute atomic E-state index is 0.0256. The first-order valence-corrected chi connectivity index (χ1v) is 6.78. The molecule has 0 radical (unpaired) electrons. The van der Waals surface area contributed by atoms with Crippen LogP contribution in [-0.4, -0.2) is 16.4 Å². The summed E-state index contributed by atoms with van der Waals surface area (Å²) in [6.07, 6.45) is 3.83. The quantitative estimate of drug-likeness (QED) is 0.872. The second kappa shape index (κ2) is 3.68. The van der Waals surface area contributed by atoms with Gasteiger partial charge in [-0.25, -0.2) is 4.98 Å². The zero-order valence-corrected chi connectivity index (χ0v) is 11.2. The normalized spacial score (nSPS) is 16.8. The van der Waals surface area contributed by atoms with Gasteiger partial charge < -0.3 is 11.1 Å². The molecule has 2 aromatic rings. The molecule has 0 bridgehead atoms. The van der Waals surface area contributed by atoms with Crippen molar-refractivity contribution in [3.8, 4) is 0 Å². The molecule has 5 heteroatoms. The molecule has 94 valence electrons. The highest BCUT2D eigenvalue weighted by Crippen LogP contribution is 2.37. The average molecular weight is 261 g/mol. The van der Waals surface area contributed by atoms with Crippen LogP contribution in [0.4, 0.5) is 5.69 Å². The number of nitrogens with one attached hydrogen (secondary N) is 1. The van der Waals surface area contributed by atoms with E-state index in [0.29, 0.717) is 10.6 Å². The first kappa shape index (κ1) is 11.5. The van der Waals surface area contributed by atoms with E-state index < -0.39 is 0 Å². The smallest absolute Gasteiger partial charge is 0.263 e. The van der Waals surface area contributed by atoms with Crippen molar-refractivity contribution in [1.29, 1.82) is 0 Å². The van der Waals surface area contributed by atoms with Gasteiger partial charge in [0.2, 0.25) is 0 Å². The largest absolute Gasteiger partial charge is 0.397 e. The summed E-state index contributed by atoms with van der Waals surface area (Å²) in [5, 5.41) is 3.94. The number of aromatic nitrogens is 1. The molecule has 1 aliphatic carbocycles. The number of nitrogen functional groups attached to an aromatic ring is 1. The van der Waals surface area contributed by atoms with Gasteiger partial charge in [-0.1, -0.05) is 0 Å². The van der Waals surface area contributed by atoms with Crippen molar-refractivity contribution in [3.05, 3.63) is 22.7 Å². The molecule has 1 fully saturated rings. The third-order valence-corrected chi connectivity index (χ3v) is 4.57. The number of fused-ring (bicyclic) bond motifs is 1. The van der Waals surface area contributed by atoms with Crippen LogP contribution in [0.25, 0.3) is 10.2 Å². The molecule has 3 rings (SSSR count). The van der Waals surface area contributed by atoms with Crippen LogP contribution in [0.3, 0.4) is 0 Å². The van der Waals surface area contributed by atoms with E-state index in [0.717, 1.165) is 28.6 Å². The second-order valence-corrected chi connectivity index (χ2v) is 6.17. The lowest BCUT2D eigenvalue weighted by atomic mass is 10.1. The molecule has 0 aliphatic heterocycles. The van der Waals surface area contributed by atoms with Crippen molar-refractivity contribution in [2.24, 2.45) is 0 Å². The topological polar surface area (TPSA) is 68.0 Å². The maximum absolute atomic E-state index is 12.2. The molecule has 1 amide bonds. The summed E-state index contributed by atoms with van der Waals surface area (Å²) >= 11 is 1.37. The minimum Gasteiger partial charge on any atom is -0.397 e. The molecule has 1 saturated carbocycles. The van der Waals surface area contributed by atoms with Gasteiger partial charge in [-0.3, -0.25) is 4.79 Å². The van der Waals surface area contributed by atoms with Gasteiger partial charge in [-0.15, -0.1) is 11.3 Å². The van der Waals surface area contributed by atoms with Crippen molar-refractivity contribution >= 4 is 33.1 Å². The fourth-order valence-electron chi connectivity index (χ4n) is 2.02. The summed E-state index contributed by atoms with van der Waals surface area (Å²) in [4.78, 5) is 17.9. The molecular weight excluding hydrogens is 246 g/mol. The van der Waals surface area contributed by atoms with Crippen LogP contribution >= 0.6 is 11.3 Å². The summed E-state index contributed by atoms with van der Waals surface area (Å²) in [6.45, 7) is 4.04. The Morgan fingerprint density at radius 2 is 2.28 bits per heavy atom. The number of rotatable bonds is 2. The number of hydrogen-bond donors (Lipinski definition) is 2. The molecule has 0 atom stereocenters. The van der Waals surface area contributed by atoms with E-state index in [1.54, 1.807) is 6.20 Å². The molecule has 18 heavy (non-hydrogen) atoms. The summed E-state index contributed by atoms with van der Waals surface area (Å²) in [6, 6.07) is 1.91. The lowest BCUT2D eigenvalue weighted by molar-refractivity contribution is 0.0940. The fourth-order valence-corrected chi connectivity index (χ4v) is 3.05. The highest BCUT2D eigenvalue weighted by molar-refractivity contribution is 7.21. The third kappa shape index (κ3) is 1.75. The van der Waals surface area contributed by atoms with Gasteiger partial charge in [0.15, 0.2) is 0 Å². The number of thiophene rings is 1. The Bertz CT molecular complexity index is 643. The lowest BCUT2D eigenvalue weighted by Gasteiger charge is -2.10. The van der Waals surface area contributed by atoms with Gasteiger partial charge in [0.25, 0.3) is 5.91 Å². The number of carbonyl (C=O) groups excluding carboxylic acids is 1. The Balaban J connectivity index is 2.04. The van der Waals surface area contributed by atoms with E-state index in [1.165, 1.54) is 11.3 Å². The Hall–Kier alpha value is -1.62. The maximum Gasteiger partial charge on any atom is 0.263 e. The monoisotopic (exact) mass is 261 g/mol. The molecule has 2 aromatic heterocycles. The number of carbonyl (C=O) groups is 1. The van der Waals surface area contributed by atoms with Crippen LogP contribution in [0.2, 0.25) is 0 Å². The summed E-state index contributed by atoms with van der Waals surface area (Å²) in [5.41, 5.74) is 7.68. The van der Waals surface area contributed by atoms with E-state index in [9.17, 15) is 4.79 Å². The summed E-state index contributed by atoms with van der Waals surface area (Å²) < 4.78 is 0. The SMILES string of the molecule is Cc1ccnc2sc(C(=O)NC3(C)CC3)c(N)c12. The molecule has 3 N–H and O–H groups in total. The highest BCUT2D eigenvalue weighted by atomic mass is 32.1. The predicted octanol–water partition coefficient (Wildman–Crippen LogP) is 2.47. The Morgan fingerprint density at radius 1 is 1.56 bits per heavy atom. The van der Waals surface area contributed by atoms with E-state index in [2.05, 4.69) is 17.2 Å². The third-order valence-electron chi connectivity index (χ3n) is 3.46. The molecule has 0 saturated heterocycles. The van der Waals surface area contributed by atoms with Crippen molar-refractivity contribution in [1.82, 2.24) is 10.3 Å². The Labute approximate surface area is 109 Å². The maximum atomic E-state index is 12.2. The predicted molar refractivity (Wildman–Crippen MR) is 73.9 cm³/mol. The van der Waals surface area contributed by atoms with Crippen molar-refractivity contribution in [3.63, 3.8) is 0 Å². The highest BCUT2D eigenvalue weighted by Gasteiger charge is 2.39. The fraction of sp³-hybridized carbons (Fsp3) is 0.385. The number of amides is 1. The summed E-state index contributed by atoms with van der Waals surface area (Å²) in [7, 11) is 0. The molecule has 0 spiro atoms. The minimum atomic E-state index is -0.0742. The Morgan fingerprint density at radius 3 is 2.89 bits per heavy atom. The van der Waals surface area contributed by atoms with E-state index in [4.69, 9.17) is 5.73 Å². The first-order chi connectivity index (χ1) is 8.50. The average Bonchev–Trinajstić information content (AvgIpc) is 2.91. The molecular formula is C13H15N3OS. The van der Waals surface area contributed by atoms with Gasteiger partial charge in [0, 0.05) is 17.1 Å². The number of hydrogen-bond acceptors (Lipinski definition) is 4. The van der Waals surface area contributed by atoms with Crippen LogP contribution in [0, 0.1) is 6.92 Å². The van der Waals surface area contributed by atoms with E-state index in [1.807, 2.05) is 13.0 Å². The number of pyridine rings is 1. The molecule has 0 aromatic carbocycles. The molecule has 4 nitrogen and oxygen atoms in total. The zero-order valence-electron chi connectivity index (χ0n) is 10.4. The number of nitrogens with zero attached hydrogens (tertiary/aromatic N) is 1. The number of nitrogens with two attached hydrogens (primary N) is 1. The van der Waals surface area contributed by atoms with Gasteiger partial charge in [-0.2, -0.15) is 0 Å². The van der Waals surface area contributed by atoms with Gasteiger partial charge in [0.05, 0.1) is 5.69 Å². The van der Waals surface area contributed by atoms with Crippen LogP contribution in [-0.2, 0) is 0 Å². The molecule has 1 aliphatic rings. The van der Waals surface area contributed by atoms with E-state index in [-0.39, 0.29) is 11.4 Å². The standard InChI is InChI=1S/C13H15N3OS/c1-7-3-6-15-12-8(7)9(14)10(18-12)11(17)16-13(2)4-5-13/h3,6H,4-5,14H2,1-2H3,(H,16,17). The van der Waals surface area contributed by atoms with Crippen LogP contribution < -0.4 is 11.1 Å². The summed E-state index contributed by atoms with van der Waals surface area (Å²) in [5.74, 6) is -0.0742. The second-order valence-electron chi connectivity index (χ2n) is 5.17. The van der Waals surface area contributed by atoms with Crippen molar-refractivity contribution in [2.75, 3.05) is 5.73 Å². The van der Waals surface area contributed by atoms with Gasteiger partial charge in [0.1, 0.15) is 9.71 Å². The van der Waals surface area contributed by atoms with Crippen LogP contribution in [0.5, 0.6) is 0 Å². The van der Waals surface area contributed by atoms with Crippen LogP contribution in [0.15, 0.2) is 12.3 Å². The van der Waals surface area contributed by atoms with Crippen LogP contribution in [0.1, 0.15) is 35.0 Å². The number of anilines is 1. The van der Waals surface area contributed by atoms with Crippen molar-refractivity contribution < 1.29 is 4.79 Å². The van der Waals surface area contributed by atoms with Gasteiger partial charge >= 0.3 is 0 Å². The zero-order chi connectivity index (χ0) is 12.9. The van der Waals surface area contributed by atoms with E-state index >= 15 is 0 Å². The first-order valence-electron chi connectivity index (χ1n) is 5.96. The van der Waals surface area contributed by atoms with Crippen molar-refractivity contribution in [2.45, 2.75) is 32.2 Å².